The molecule has 0 saturated carbocycles. The summed E-state index contributed by atoms with van der Waals surface area (Å²) in [7, 11) is 0. The van der Waals surface area contributed by atoms with Crippen molar-refractivity contribution in [3.05, 3.63) is 65.7 Å². The summed E-state index contributed by atoms with van der Waals surface area (Å²) in [4.78, 5) is 10.5. The molecule has 0 aromatic heterocycles. The zero-order chi connectivity index (χ0) is 15.8. The molecule has 22 heavy (non-hydrogen) atoms. The van der Waals surface area contributed by atoms with Crippen LogP contribution in [0.1, 0.15) is 11.1 Å². The average molecular weight is 298 g/mol. The van der Waals surface area contributed by atoms with Gasteiger partial charge in [-0.25, -0.2) is 4.79 Å². The van der Waals surface area contributed by atoms with Crippen molar-refractivity contribution in [2.45, 2.75) is 6.92 Å². The van der Waals surface area contributed by atoms with E-state index in [1.54, 1.807) is 6.07 Å². The number of benzene rings is 2. The van der Waals surface area contributed by atoms with Crippen LogP contribution in [0.2, 0.25) is 0 Å². The Morgan fingerprint density at radius 3 is 2.41 bits per heavy atom. The van der Waals surface area contributed by atoms with Gasteiger partial charge in [-0.2, -0.15) is 0 Å². The predicted molar refractivity (Wildman–Crippen MR) is 85.3 cm³/mol. The van der Waals surface area contributed by atoms with E-state index >= 15 is 0 Å². The van der Waals surface area contributed by atoms with Crippen molar-refractivity contribution in [1.82, 2.24) is 0 Å². The lowest BCUT2D eigenvalue weighted by atomic mass is 10.2. The van der Waals surface area contributed by atoms with Crippen LogP contribution < -0.4 is 9.47 Å². The van der Waals surface area contributed by atoms with Gasteiger partial charge in [0.05, 0.1) is 0 Å². The van der Waals surface area contributed by atoms with Crippen molar-refractivity contribution in [3.8, 4) is 11.5 Å². The molecule has 0 aliphatic heterocycles. The predicted octanol–water partition coefficient (Wildman–Crippen LogP) is 3.55. The summed E-state index contributed by atoms with van der Waals surface area (Å²) in [5, 5.41) is 8.61. The molecule has 4 heteroatoms. The van der Waals surface area contributed by atoms with Gasteiger partial charge < -0.3 is 14.6 Å². The van der Waals surface area contributed by atoms with E-state index in [0.717, 1.165) is 17.4 Å². The molecule has 0 amide bonds. The summed E-state index contributed by atoms with van der Waals surface area (Å²) < 4.78 is 11.2. The number of ether oxygens (including phenoxy) is 2. The lowest BCUT2D eigenvalue weighted by Gasteiger charge is -2.09. The summed E-state index contributed by atoms with van der Waals surface area (Å²) in [6.07, 6.45) is 2.62. The van der Waals surface area contributed by atoms with Crippen LogP contribution in [0.5, 0.6) is 11.5 Å². The van der Waals surface area contributed by atoms with Crippen molar-refractivity contribution >= 4 is 12.0 Å². The second kappa shape index (κ2) is 7.88. The van der Waals surface area contributed by atoms with E-state index in [0.29, 0.717) is 19.0 Å². The molecule has 4 nitrogen and oxygen atoms in total. The van der Waals surface area contributed by atoms with Gasteiger partial charge in [0.25, 0.3) is 0 Å². The van der Waals surface area contributed by atoms with Gasteiger partial charge in [-0.15, -0.1) is 0 Å². The molecular weight excluding hydrogens is 280 g/mol. The highest BCUT2D eigenvalue weighted by atomic mass is 16.5. The smallest absolute Gasteiger partial charge is 0.328 e. The van der Waals surface area contributed by atoms with Crippen LogP contribution in [0.3, 0.4) is 0 Å². The average Bonchev–Trinajstić information content (AvgIpc) is 2.52. The van der Waals surface area contributed by atoms with Crippen molar-refractivity contribution in [2.75, 3.05) is 13.2 Å². The van der Waals surface area contributed by atoms with Gasteiger partial charge in [-0.1, -0.05) is 29.8 Å². The Morgan fingerprint density at radius 1 is 1.05 bits per heavy atom. The van der Waals surface area contributed by atoms with Crippen LogP contribution in [0.25, 0.3) is 6.08 Å². The normalized spacial score (nSPS) is 10.6. The third kappa shape index (κ3) is 5.32. The minimum atomic E-state index is -0.974. The second-order valence-electron chi connectivity index (χ2n) is 4.75. The van der Waals surface area contributed by atoms with Gasteiger partial charge >= 0.3 is 5.97 Å². The maximum atomic E-state index is 10.5. The molecule has 1 N–H and O–H groups in total. The molecule has 0 heterocycles. The zero-order valence-electron chi connectivity index (χ0n) is 12.4. The molecule has 0 bridgehead atoms. The molecule has 0 fully saturated rings. The summed E-state index contributed by atoms with van der Waals surface area (Å²) in [5.74, 6) is 0.519. The minimum Gasteiger partial charge on any atom is -0.490 e. The van der Waals surface area contributed by atoms with E-state index in [1.807, 2.05) is 49.4 Å². The Labute approximate surface area is 129 Å². The first-order chi connectivity index (χ1) is 10.6. The summed E-state index contributed by atoms with van der Waals surface area (Å²) in [6, 6.07) is 15.1. The van der Waals surface area contributed by atoms with Gasteiger partial charge in [0.2, 0.25) is 0 Å². The lowest BCUT2D eigenvalue weighted by molar-refractivity contribution is -0.131. The fourth-order valence-electron chi connectivity index (χ4n) is 1.83. The Hall–Kier alpha value is -2.75. The number of hydrogen-bond donors (Lipinski definition) is 1. The molecule has 0 atom stereocenters. The molecule has 0 spiro atoms. The monoisotopic (exact) mass is 298 g/mol. The van der Waals surface area contributed by atoms with Crippen LogP contribution in [0, 0.1) is 6.92 Å². The maximum absolute atomic E-state index is 10.5. The number of aryl methyl sites for hydroxylation is 1. The first-order valence-electron chi connectivity index (χ1n) is 6.97. The van der Waals surface area contributed by atoms with E-state index in [2.05, 4.69) is 0 Å². The third-order valence-electron chi connectivity index (χ3n) is 2.92. The molecule has 0 saturated heterocycles. The van der Waals surface area contributed by atoms with Crippen molar-refractivity contribution in [1.29, 1.82) is 0 Å². The largest absolute Gasteiger partial charge is 0.490 e. The van der Waals surface area contributed by atoms with E-state index in [9.17, 15) is 4.79 Å². The Bertz CT molecular complexity index is 644. The van der Waals surface area contributed by atoms with Gasteiger partial charge in [0.15, 0.2) is 0 Å². The van der Waals surface area contributed by atoms with Crippen molar-refractivity contribution < 1.29 is 19.4 Å². The highest BCUT2D eigenvalue weighted by Crippen LogP contribution is 2.15. The van der Waals surface area contributed by atoms with Crippen molar-refractivity contribution in [2.24, 2.45) is 0 Å². The van der Waals surface area contributed by atoms with Gasteiger partial charge in [0, 0.05) is 6.08 Å². The molecule has 2 aromatic carbocycles. The van der Waals surface area contributed by atoms with E-state index < -0.39 is 5.97 Å². The zero-order valence-corrected chi connectivity index (χ0v) is 12.4. The molecule has 0 aliphatic carbocycles. The number of rotatable bonds is 7. The topological polar surface area (TPSA) is 55.8 Å². The van der Waals surface area contributed by atoms with Crippen molar-refractivity contribution in [3.63, 3.8) is 0 Å². The fourth-order valence-corrected chi connectivity index (χ4v) is 1.83. The van der Waals surface area contributed by atoms with E-state index in [-0.39, 0.29) is 0 Å². The Balaban J connectivity index is 1.80. The molecule has 0 aliphatic rings. The van der Waals surface area contributed by atoms with Crippen LogP contribution in [-0.2, 0) is 4.79 Å². The van der Waals surface area contributed by atoms with Gasteiger partial charge in [-0.3, -0.25) is 0 Å². The second-order valence-corrected chi connectivity index (χ2v) is 4.75. The minimum absolute atomic E-state index is 0.417. The third-order valence-corrected chi connectivity index (χ3v) is 2.92. The molecule has 2 aromatic rings. The van der Waals surface area contributed by atoms with Crippen LogP contribution in [0.15, 0.2) is 54.6 Å². The summed E-state index contributed by atoms with van der Waals surface area (Å²) in [6.45, 7) is 2.89. The quantitative estimate of drug-likeness (QED) is 0.627. The number of hydrogen-bond acceptors (Lipinski definition) is 3. The number of carboxylic acid groups (broad SMARTS) is 1. The number of carboxylic acids is 1. The highest BCUT2D eigenvalue weighted by molar-refractivity contribution is 5.85. The molecule has 0 unspecified atom stereocenters. The first kappa shape index (κ1) is 15.6. The van der Waals surface area contributed by atoms with Gasteiger partial charge in [-0.05, 0) is 42.8 Å². The fraction of sp³-hybridized carbons (Fsp3) is 0.167. The molecular formula is C18H18O4. The first-order valence-corrected chi connectivity index (χ1v) is 6.97. The van der Waals surface area contributed by atoms with E-state index in [1.165, 1.54) is 11.6 Å². The van der Waals surface area contributed by atoms with Gasteiger partial charge in [0.1, 0.15) is 24.7 Å². The van der Waals surface area contributed by atoms with Crippen LogP contribution >= 0.6 is 0 Å². The maximum Gasteiger partial charge on any atom is 0.328 e. The number of carbonyl (C=O) groups is 1. The molecule has 2 rings (SSSR count). The lowest BCUT2D eigenvalue weighted by Crippen LogP contribution is -2.08. The van der Waals surface area contributed by atoms with E-state index in [4.69, 9.17) is 14.6 Å². The summed E-state index contributed by atoms with van der Waals surface area (Å²) in [5.41, 5.74) is 1.97. The standard InChI is InChI=1S/C18H18O4/c1-14-5-8-16(9-6-14)21-11-12-22-17-4-2-3-15(13-17)7-10-18(19)20/h2-10,13H,11-12H2,1H3,(H,19,20). The number of aliphatic carboxylic acids is 1. The van der Waals surface area contributed by atoms with Crippen LogP contribution in [0.4, 0.5) is 0 Å². The molecule has 114 valence electrons. The Kier molecular flexibility index (Phi) is 5.60. The Morgan fingerprint density at radius 2 is 1.73 bits per heavy atom. The van der Waals surface area contributed by atoms with Crippen LogP contribution in [-0.4, -0.2) is 24.3 Å². The molecule has 0 radical (unpaired) electrons. The summed E-state index contributed by atoms with van der Waals surface area (Å²) >= 11 is 0. The SMILES string of the molecule is Cc1ccc(OCCOc2cccc(C=CC(=O)O)c2)cc1. The highest BCUT2D eigenvalue weighted by Gasteiger charge is 1.97.